The van der Waals surface area contributed by atoms with Gasteiger partial charge in [-0.1, -0.05) is 32.0 Å². The highest BCUT2D eigenvalue weighted by Gasteiger charge is 2.67. The van der Waals surface area contributed by atoms with Gasteiger partial charge in [-0.25, -0.2) is 22.9 Å². The molecule has 0 spiro atoms. The van der Waals surface area contributed by atoms with E-state index in [0.717, 1.165) is 22.8 Å². The summed E-state index contributed by atoms with van der Waals surface area (Å²) in [6.45, 7) is 14.8. The van der Waals surface area contributed by atoms with E-state index in [1.807, 2.05) is 45.9 Å². The van der Waals surface area contributed by atoms with Gasteiger partial charge in [0.2, 0.25) is 5.91 Å². The zero-order valence-electron chi connectivity index (χ0n) is 28.7. The fourth-order valence-electron chi connectivity index (χ4n) is 7.00. The van der Waals surface area contributed by atoms with Crippen molar-refractivity contribution in [1.29, 1.82) is 0 Å². The van der Waals surface area contributed by atoms with Gasteiger partial charge in [-0.05, 0) is 88.8 Å². The van der Waals surface area contributed by atoms with Crippen LogP contribution >= 0.6 is 0 Å². The summed E-state index contributed by atoms with van der Waals surface area (Å²) >= 11 is 0. The van der Waals surface area contributed by atoms with E-state index in [2.05, 4.69) is 5.32 Å². The van der Waals surface area contributed by atoms with Gasteiger partial charge >= 0.3 is 18.0 Å². The molecule has 47 heavy (non-hydrogen) atoms. The van der Waals surface area contributed by atoms with Crippen LogP contribution < -0.4 is 5.32 Å². The maximum atomic E-state index is 15.9. The minimum absolute atomic E-state index is 0.0495. The standard InChI is InChI=1S/C36H47F2N3O6/c1-9-46-31(43)18-28(25-16-24(17-26(37)33(25)38)32-22(4)12-10-13-23(32)5)41(20-29(41)21(2)3)30(42)19-39-34(44)27-14-11-15-40(27)35(45)47-36(6,7)8/h10,12-13,16-17,21,27-29H,9,11,14-15,18-20H2,1-8H3/p+1/t27?,28-,29?,41?/m0/s1. The van der Waals surface area contributed by atoms with Crippen LogP contribution in [-0.2, 0) is 23.9 Å². The van der Waals surface area contributed by atoms with Gasteiger partial charge in [-0.3, -0.25) is 14.5 Å². The first-order valence-electron chi connectivity index (χ1n) is 16.4. The fraction of sp³-hybridized carbons (Fsp3) is 0.556. The maximum absolute atomic E-state index is 15.9. The number of likely N-dealkylation sites (tertiary alicyclic amines) is 1. The lowest BCUT2D eigenvalue weighted by atomic mass is 9.91. The van der Waals surface area contributed by atoms with Gasteiger partial charge in [0.05, 0.1) is 6.61 Å². The molecule has 2 aliphatic heterocycles. The summed E-state index contributed by atoms with van der Waals surface area (Å²) in [6.07, 6.45) is 0.0450. The molecule has 0 aliphatic carbocycles. The molecule has 1 N–H and O–H groups in total. The number of carbonyl (C=O) groups excluding carboxylic acids is 4. The molecule has 2 fully saturated rings. The van der Waals surface area contributed by atoms with Crippen LogP contribution in [0.3, 0.4) is 0 Å². The van der Waals surface area contributed by atoms with Crippen LogP contribution in [0.4, 0.5) is 13.6 Å². The summed E-state index contributed by atoms with van der Waals surface area (Å²) in [4.78, 5) is 54.8. The number of amides is 3. The first kappa shape index (κ1) is 36.0. The quantitative estimate of drug-likeness (QED) is 0.187. The molecule has 2 heterocycles. The van der Waals surface area contributed by atoms with Crippen molar-refractivity contribution in [2.45, 2.75) is 98.4 Å². The second-order valence-corrected chi connectivity index (χ2v) is 14.0. The van der Waals surface area contributed by atoms with Crippen LogP contribution in [0.2, 0.25) is 0 Å². The molecule has 2 aliphatic rings. The van der Waals surface area contributed by atoms with Crippen LogP contribution in [0.5, 0.6) is 0 Å². The van der Waals surface area contributed by atoms with Crippen molar-refractivity contribution in [3.63, 3.8) is 0 Å². The van der Waals surface area contributed by atoms with E-state index in [-0.39, 0.29) is 41.6 Å². The Morgan fingerprint density at radius 1 is 1.09 bits per heavy atom. The van der Waals surface area contributed by atoms with Gasteiger partial charge in [-0.2, -0.15) is 0 Å². The molecule has 256 valence electrons. The van der Waals surface area contributed by atoms with E-state index >= 15 is 8.78 Å². The van der Waals surface area contributed by atoms with Gasteiger partial charge in [0, 0.05) is 18.0 Å². The Kier molecular flexibility index (Phi) is 10.8. The van der Waals surface area contributed by atoms with Crippen molar-refractivity contribution in [2.24, 2.45) is 5.92 Å². The van der Waals surface area contributed by atoms with Crippen LogP contribution in [0.1, 0.15) is 83.5 Å². The highest BCUT2D eigenvalue weighted by atomic mass is 19.2. The number of esters is 1. The highest BCUT2D eigenvalue weighted by molar-refractivity contribution is 5.89. The molecule has 4 atom stereocenters. The van der Waals surface area contributed by atoms with E-state index in [4.69, 9.17) is 9.47 Å². The zero-order chi connectivity index (χ0) is 34.8. The maximum Gasteiger partial charge on any atom is 0.410 e. The molecule has 2 saturated heterocycles. The van der Waals surface area contributed by atoms with E-state index in [9.17, 15) is 19.2 Å². The second-order valence-electron chi connectivity index (χ2n) is 14.0. The number of nitrogens with one attached hydrogen (secondary N) is 1. The Hall–Kier alpha value is -3.86. The van der Waals surface area contributed by atoms with E-state index in [1.54, 1.807) is 27.7 Å². The predicted octanol–water partition coefficient (Wildman–Crippen LogP) is 6.14. The SMILES string of the molecule is CCOC(=O)C[C@@H](c1cc(-c2c(C)cccc2C)cc(F)c1F)[N+]1(C(=O)CNC(=O)C2CCCN2C(=O)OC(C)(C)C)CC1C(C)C. The lowest BCUT2D eigenvalue weighted by Crippen LogP contribution is -2.51. The average Bonchev–Trinajstić information content (AvgIpc) is 3.55. The number of hydrogen-bond donors (Lipinski definition) is 1. The van der Waals surface area contributed by atoms with Crippen molar-refractivity contribution in [3.05, 3.63) is 58.7 Å². The van der Waals surface area contributed by atoms with Gasteiger partial charge < -0.3 is 14.8 Å². The topological polar surface area (TPSA) is 102 Å². The molecule has 4 rings (SSSR count). The molecular formula is C36H48F2N3O6+. The number of hydrogen-bond acceptors (Lipinski definition) is 6. The molecule has 9 nitrogen and oxygen atoms in total. The van der Waals surface area contributed by atoms with Gasteiger partial charge in [-0.15, -0.1) is 0 Å². The average molecular weight is 657 g/mol. The minimum Gasteiger partial charge on any atom is -0.466 e. The third kappa shape index (κ3) is 7.66. The third-order valence-corrected chi connectivity index (χ3v) is 9.19. The van der Waals surface area contributed by atoms with E-state index < -0.39 is 59.7 Å². The zero-order valence-corrected chi connectivity index (χ0v) is 28.7. The van der Waals surface area contributed by atoms with Crippen LogP contribution in [0, 0.1) is 31.4 Å². The van der Waals surface area contributed by atoms with Crippen molar-refractivity contribution in [3.8, 4) is 11.1 Å². The number of ether oxygens (including phenoxy) is 2. The molecular weight excluding hydrogens is 608 g/mol. The molecule has 0 radical (unpaired) electrons. The number of nitrogens with zero attached hydrogens (tertiary/aromatic N) is 2. The molecule has 0 saturated carbocycles. The number of quaternary nitrogens is 1. The van der Waals surface area contributed by atoms with Crippen molar-refractivity contribution in [2.75, 3.05) is 26.2 Å². The lowest BCUT2D eigenvalue weighted by Gasteiger charge is -2.30. The first-order chi connectivity index (χ1) is 22.0. The summed E-state index contributed by atoms with van der Waals surface area (Å²) in [5.41, 5.74) is 2.08. The molecule has 2 aromatic carbocycles. The molecule has 2 aromatic rings. The summed E-state index contributed by atoms with van der Waals surface area (Å²) in [7, 11) is 0. The Labute approximate surface area is 276 Å². The van der Waals surface area contributed by atoms with Crippen LogP contribution in [0.25, 0.3) is 11.1 Å². The number of aryl methyl sites for hydroxylation is 2. The smallest absolute Gasteiger partial charge is 0.410 e. The molecule has 3 unspecified atom stereocenters. The normalized spacial score (nSPS) is 21.4. The van der Waals surface area contributed by atoms with Gasteiger partial charge in [0.15, 0.2) is 11.6 Å². The lowest BCUT2D eigenvalue weighted by molar-refractivity contribution is -0.772. The number of carbonyl (C=O) groups is 4. The van der Waals surface area contributed by atoms with E-state index in [1.165, 1.54) is 11.0 Å². The fourth-order valence-corrected chi connectivity index (χ4v) is 7.00. The van der Waals surface area contributed by atoms with Crippen LogP contribution in [0.15, 0.2) is 30.3 Å². The molecule has 11 heteroatoms. The van der Waals surface area contributed by atoms with E-state index in [0.29, 0.717) is 24.9 Å². The summed E-state index contributed by atoms with van der Waals surface area (Å²) in [5, 5.41) is 2.70. The summed E-state index contributed by atoms with van der Waals surface area (Å²) in [6, 6.07) is 6.10. The van der Waals surface area contributed by atoms with Crippen LogP contribution in [-0.4, -0.2) is 77.2 Å². The molecule has 0 aromatic heterocycles. The van der Waals surface area contributed by atoms with Gasteiger partial charge in [0.25, 0.3) is 0 Å². The minimum atomic E-state index is -1.13. The Balaban J connectivity index is 1.70. The van der Waals surface area contributed by atoms with Crippen molar-refractivity contribution in [1.82, 2.24) is 10.2 Å². The Bertz CT molecular complexity index is 1520. The predicted molar refractivity (Wildman–Crippen MR) is 173 cm³/mol. The first-order valence-corrected chi connectivity index (χ1v) is 16.4. The summed E-state index contributed by atoms with van der Waals surface area (Å²) in [5.74, 6) is -3.84. The largest absolute Gasteiger partial charge is 0.466 e. The third-order valence-electron chi connectivity index (χ3n) is 9.19. The molecule has 3 amide bonds. The van der Waals surface area contributed by atoms with Gasteiger partial charge in [0.1, 0.15) is 43.2 Å². The highest BCUT2D eigenvalue weighted by Crippen LogP contribution is 2.50. The number of halogens is 2. The number of benzene rings is 2. The summed E-state index contributed by atoms with van der Waals surface area (Å²) < 4.78 is 41.8. The molecule has 0 bridgehead atoms. The number of rotatable bonds is 10. The Morgan fingerprint density at radius 3 is 2.32 bits per heavy atom. The Morgan fingerprint density at radius 2 is 1.74 bits per heavy atom. The van der Waals surface area contributed by atoms with Crippen molar-refractivity contribution >= 4 is 23.9 Å². The monoisotopic (exact) mass is 656 g/mol. The van der Waals surface area contributed by atoms with Crippen molar-refractivity contribution < 1.29 is 41.9 Å². The second kappa shape index (κ2) is 14.1.